The maximum Gasteiger partial charge on any atom is 0.241 e. The third-order valence-corrected chi connectivity index (χ3v) is 6.07. The van der Waals surface area contributed by atoms with Gasteiger partial charge in [0.25, 0.3) is 0 Å². The summed E-state index contributed by atoms with van der Waals surface area (Å²) >= 11 is 5.93. The Balaban J connectivity index is 2.24. The van der Waals surface area contributed by atoms with E-state index in [2.05, 4.69) is 18.6 Å². The van der Waals surface area contributed by atoms with Gasteiger partial charge in [-0.2, -0.15) is 0 Å². The molecule has 0 heterocycles. The summed E-state index contributed by atoms with van der Waals surface area (Å²) in [4.78, 5) is 0.218. The number of sulfonamides is 1. The van der Waals surface area contributed by atoms with Gasteiger partial charge in [0.2, 0.25) is 10.0 Å². The second-order valence-electron chi connectivity index (χ2n) is 6.37. The van der Waals surface area contributed by atoms with Gasteiger partial charge in [-0.15, -0.1) is 0 Å². The van der Waals surface area contributed by atoms with Crippen LogP contribution in [0.3, 0.4) is 0 Å². The average molecular weight is 331 g/mol. The van der Waals surface area contributed by atoms with Crippen molar-refractivity contribution in [1.29, 1.82) is 0 Å². The number of hydrogen-bond acceptors (Lipinski definition) is 3. The van der Waals surface area contributed by atoms with Crippen LogP contribution >= 0.6 is 11.6 Å². The van der Waals surface area contributed by atoms with Crippen LogP contribution in [0.4, 0.5) is 5.69 Å². The van der Waals surface area contributed by atoms with E-state index in [0.717, 1.165) is 19.3 Å². The number of aryl methyl sites for hydroxylation is 1. The maximum atomic E-state index is 12.6. The minimum atomic E-state index is -3.57. The molecule has 1 aromatic carbocycles. The molecule has 118 valence electrons. The zero-order chi connectivity index (χ0) is 15.8. The lowest BCUT2D eigenvalue weighted by atomic mass is 9.81. The molecule has 2 unspecified atom stereocenters. The molecule has 0 bridgehead atoms. The van der Waals surface area contributed by atoms with E-state index in [0.29, 0.717) is 22.4 Å². The number of nitrogens with two attached hydrogens (primary N) is 1. The second-order valence-corrected chi connectivity index (χ2v) is 8.46. The Morgan fingerprint density at radius 2 is 1.76 bits per heavy atom. The molecule has 1 fully saturated rings. The van der Waals surface area contributed by atoms with Crippen molar-refractivity contribution in [3.8, 4) is 0 Å². The molecule has 4 nitrogen and oxygen atoms in total. The van der Waals surface area contributed by atoms with Gasteiger partial charge in [0, 0.05) is 6.04 Å². The van der Waals surface area contributed by atoms with E-state index in [1.165, 1.54) is 6.07 Å². The molecule has 0 aliphatic heterocycles. The van der Waals surface area contributed by atoms with Gasteiger partial charge in [0.05, 0.1) is 15.6 Å². The lowest BCUT2D eigenvalue weighted by Gasteiger charge is -2.31. The summed E-state index contributed by atoms with van der Waals surface area (Å²) < 4.78 is 28.0. The normalized spacial score (nSPS) is 26.8. The number of rotatable bonds is 3. The van der Waals surface area contributed by atoms with Crippen molar-refractivity contribution in [3.63, 3.8) is 0 Å². The molecule has 1 aromatic rings. The number of halogens is 1. The molecular weight excluding hydrogens is 308 g/mol. The van der Waals surface area contributed by atoms with Gasteiger partial charge in [-0.25, -0.2) is 13.1 Å². The molecule has 0 aromatic heterocycles. The van der Waals surface area contributed by atoms with Crippen LogP contribution in [0.25, 0.3) is 0 Å². The molecule has 0 amide bonds. The van der Waals surface area contributed by atoms with Gasteiger partial charge in [0.15, 0.2) is 0 Å². The minimum Gasteiger partial charge on any atom is -0.397 e. The van der Waals surface area contributed by atoms with E-state index in [4.69, 9.17) is 17.3 Å². The highest BCUT2D eigenvalue weighted by Gasteiger charge is 2.28. The zero-order valence-corrected chi connectivity index (χ0v) is 14.3. The molecule has 1 aliphatic carbocycles. The van der Waals surface area contributed by atoms with Crippen molar-refractivity contribution < 1.29 is 8.42 Å². The van der Waals surface area contributed by atoms with Crippen molar-refractivity contribution in [2.75, 3.05) is 5.73 Å². The summed E-state index contributed by atoms with van der Waals surface area (Å²) in [5, 5.41) is 0.381. The summed E-state index contributed by atoms with van der Waals surface area (Å²) in [6, 6.07) is 3.03. The Bertz CT molecular complexity index is 621. The maximum absolute atomic E-state index is 12.6. The highest BCUT2D eigenvalue weighted by Crippen LogP contribution is 2.31. The Hall–Kier alpha value is -0.780. The van der Waals surface area contributed by atoms with Crippen LogP contribution in [0.1, 0.15) is 38.7 Å². The van der Waals surface area contributed by atoms with Crippen molar-refractivity contribution in [3.05, 3.63) is 22.7 Å². The summed E-state index contributed by atoms with van der Waals surface area (Å²) in [6.45, 7) is 6.07. The first kappa shape index (κ1) is 16.6. The van der Waals surface area contributed by atoms with E-state index in [1.807, 2.05) is 0 Å². The zero-order valence-electron chi connectivity index (χ0n) is 12.7. The number of nitrogen functional groups attached to an aromatic ring is 1. The first-order valence-corrected chi connectivity index (χ1v) is 9.13. The number of nitrogens with one attached hydrogen (secondary N) is 1. The Labute approximate surface area is 132 Å². The number of hydrogen-bond donors (Lipinski definition) is 2. The number of benzene rings is 1. The molecule has 1 aliphatic rings. The quantitative estimate of drug-likeness (QED) is 0.835. The van der Waals surface area contributed by atoms with E-state index < -0.39 is 10.0 Å². The fourth-order valence-corrected chi connectivity index (χ4v) is 5.03. The molecule has 21 heavy (non-hydrogen) atoms. The molecular formula is C15H23ClN2O2S. The summed E-state index contributed by atoms with van der Waals surface area (Å²) in [5.74, 6) is 1.08. The van der Waals surface area contributed by atoms with Gasteiger partial charge in [-0.3, -0.25) is 0 Å². The van der Waals surface area contributed by atoms with Gasteiger partial charge in [-0.05, 0) is 55.7 Å². The topological polar surface area (TPSA) is 72.2 Å². The Morgan fingerprint density at radius 3 is 2.33 bits per heavy atom. The van der Waals surface area contributed by atoms with E-state index in [1.54, 1.807) is 13.0 Å². The fraction of sp³-hybridized carbons (Fsp3) is 0.600. The molecule has 3 N–H and O–H groups in total. The van der Waals surface area contributed by atoms with Crippen LogP contribution in [-0.2, 0) is 10.0 Å². The smallest absolute Gasteiger partial charge is 0.241 e. The highest BCUT2D eigenvalue weighted by atomic mass is 35.5. The summed E-state index contributed by atoms with van der Waals surface area (Å²) in [6.07, 6.45) is 2.92. The molecule has 6 heteroatoms. The van der Waals surface area contributed by atoms with E-state index >= 15 is 0 Å². The van der Waals surface area contributed by atoms with Crippen LogP contribution in [0.15, 0.2) is 17.0 Å². The first-order chi connectivity index (χ1) is 9.69. The lowest BCUT2D eigenvalue weighted by Crippen LogP contribution is -2.40. The molecule has 2 atom stereocenters. The average Bonchev–Trinajstić information content (AvgIpc) is 2.31. The molecule has 0 radical (unpaired) electrons. The van der Waals surface area contributed by atoms with Crippen molar-refractivity contribution in [2.45, 2.75) is 51.0 Å². The molecule has 0 saturated heterocycles. The van der Waals surface area contributed by atoms with Crippen LogP contribution in [-0.4, -0.2) is 14.5 Å². The van der Waals surface area contributed by atoms with Gasteiger partial charge in [-0.1, -0.05) is 25.4 Å². The predicted molar refractivity (Wildman–Crippen MR) is 86.9 cm³/mol. The van der Waals surface area contributed by atoms with E-state index in [-0.39, 0.29) is 16.6 Å². The Kier molecular flexibility index (Phi) is 4.85. The van der Waals surface area contributed by atoms with Crippen molar-refractivity contribution in [2.24, 2.45) is 11.8 Å². The highest BCUT2D eigenvalue weighted by molar-refractivity contribution is 7.89. The van der Waals surface area contributed by atoms with Crippen LogP contribution in [0.5, 0.6) is 0 Å². The largest absolute Gasteiger partial charge is 0.397 e. The standard InChI is InChI=1S/C15H23ClN2O2S/c1-9-4-10(2)6-12(5-9)18-21(19,20)15-8-14(17)13(16)7-11(15)3/h7-10,12,18H,4-6,17H2,1-3H3. The lowest BCUT2D eigenvalue weighted by molar-refractivity contribution is 0.257. The minimum absolute atomic E-state index is 0.00921. The third kappa shape index (κ3) is 3.90. The van der Waals surface area contributed by atoms with Gasteiger partial charge < -0.3 is 5.73 Å². The second kappa shape index (κ2) is 6.15. The summed E-state index contributed by atoms with van der Waals surface area (Å²) in [7, 11) is -3.57. The summed E-state index contributed by atoms with van der Waals surface area (Å²) in [5.41, 5.74) is 6.63. The van der Waals surface area contributed by atoms with Gasteiger partial charge in [0.1, 0.15) is 0 Å². The van der Waals surface area contributed by atoms with Crippen molar-refractivity contribution >= 4 is 27.3 Å². The molecule has 2 rings (SSSR count). The Morgan fingerprint density at radius 1 is 1.19 bits per heavy atom. The fourth-order valence-electron chi connectivity index (χ4n) is 3.28. The molecule has 1 saturated carbocycles. The van der Waals surface area contributed by atoms with Gasteiger partial charge >= 0.3 is 0 Å². The monoisotopic (exact) mass is 330 g/mol. The predicted octanol–water partition coefficient (Wildman–Crippen LogP) is 3.33. The van der Waals surface area contributed by atoms with Crippen LogP contribution in [0.2, 0.25) is 5.02 Å². The van der Waals surface area contributed by atoms with Crippen LogP contribution < -0.4 is 10.5 Å². The van der Waals surface area contributed by atoms with Crippen LogP contribution in [0, 0.1) is 18.8 Å². The molecule has 0 spiro atoms. The number of anilines is 1. The SMILES string of the molecule is Cc1cc(Cl)c(N)cc1S(=O)(=O)NC1CC(C)CC(C)C1. The third-order valence-electron chi connectivity index (χ3n) is 4.08. The van der Waals surface area contributed by atoms with Crippen molar-refractivity contribution in [1.82, 2.24) is 4.72 Å². The first-order valence-electron chi connectivity index (χ1n) is 7.27. The van der Waals surface area contributed by atoms with E-state index in [9.17, 15) is 8.42 Å².